The van der Waals surface area contributed by atoms with Gasteiger partial charge in [0.05, 0.1) is 19.8 Å². The second-order valence-corrected chi connectivity index (χ2v) is 5.31. The van der Waals surface area contributed by atoms with Crippen molar-refractivity contribution in [3.63, 3.8) is 0 Å². The molecule has 112 valence electrons. The first-order valence-corrected chi connectivity index (χ1v) is 7.40. The monoisotopic (exact) mass is 281 g/mol. The molecule has 0 spiro atoms. The lowest BCUT2D eigenvalue weighted by Crippen LogP contribution is -2.35. The summed E-state index contributed by atoms with van der Waals surface area (Å²) in [5.41, 5.74) is 0.858. The standard InChI is InChI=1S/C16H24FNO2/c1-3-18-13-5-7-14(8-6-13)20-11-12-4-9-16(19-2)15(17)10-12/h4,9-10,13-14,18H,3,5-8,11H2,1-2H3. The van der Waals surface area contributed by atoms with E-state index in [2.05, 4.69) is 12.2 Å². The van der Waals surface area contributed by atoms with E-state index < -0.39 is 0 Å². The van der Waals surface area contributed by atoms with Gasteiger partial charge in [0.25, 0.3) is 0 Å². The van der Waals surface area contributed by atoms with E-state index in [1.807, 2.05) is 6.07 Å². The fourth-order valence-electron chi connectivity index (χ4n) is 2.74. The van der Waals surface area contributed by atoms with Crippen molar-refractivity contribution in [3.8, 4) is 5.75 Å². The van der Waals surface area contributed by atoms with Gasteiger partial charge < -0.3 is 14.8 Å². The first-order chi connectivity index (χ1) is 9.72. The highest BCUT2D eigenvalue weighted by molar-refractivity contribution is 5.28. The Bertz CT molecular complexity index is 417. The number of nitrogens with one attached hydrogen (secondary N) is 1. The van der Waals surface area contributed by atoms with Crippen molar-refractivity contribution < 1.29 is 13.9 Å². The van der Waals surface area contributed by atoms with Crippen LogP contribution in [-0.4, -0.2) is 25.8 Å². The summed E-state index contributed by atoms with van der Waals surface area (Å²) in [4.78, 5) is 0. The van der Waals surface area contributed by atoms with Crippen LogP contribution in [0.2, 0.25) is 0 Å². The summed E-state index contributed by atoms with van der Waals surface area (Å²) >= 11 is 0. The molecule has 0 saturated heterocycles. The summed E-state index contributed by atoms with van der Waals surface area (Å²) in [6, 6.07) is 5.63. The number of hydrogen-bond acceptors (Lipinski definition) is 3. The van der Waals surface area contributed by atoms with Gasteiger partial charge in [-0.3, -0.25) is 0 Å². The van der Waals surface area contributed by atoms with Gasteiger partial charge in [-0.05, 0) is 49.9 Å². The highest BCUT2D eigenvalue weighted by Crippen LogP contribution is 2.23. The molecule has 2 rings (SSSR count). The zero-order valence-electron chi connectivity index (χ0n) is 12.3. The lowest BCUT2D eigenvalue weighted by atomic mass is 9.93. The highest BCUT2D eigenvalue weighted by Gasteiger charge is 2.20. The number of rotatable bonds is 6. The Labute approximate surface area is 120 Å². The van der Waals surface area contributed by atoms with Crippen molar-refractivity contribution in [2.45, 2.75) is 51.4 Å². The molecule has 4 heteroatoms. The zero-order valence-corrected chi connectivity index (χ0v) is 12.3. The van der Waals surface area contributed by atoms with Crippen molar-refractivity contribution in [1.29, 1.82) is 0 Å². The zero-order chi connectivity index (χ0) is 14.4. The van der Waals surface area contributed by atoms with Crippen molar-refractivity contribution in [1.82, 2.24) is 5.32 Å². The molecule has 3 nitrogen and oxygen atoms in total. The van der Waals surface area contributed by atoms with E-state index in [-0.39, 0.29) is 11.6 Å². The minimum absolute atomic E-state index is 0.278. The molecule has 0 amide bonds. The van der Waals surface area contributed by atoms with Crippen molar-refractivity contribution in [2.24, 2.45) is 0 Å². The Kier molecular flexibility index (Phi) is 5.80. The van der Waals surface area contributed by atoms with Crippen LogP contribution in [-0.2, 0) is 11.3 Å². The van der Waals surface area contributed by atoms with E-state index in [0.717, 1.165) is 37.8 Å². The molecule has 0 aliphatic heterocycles. The Morgan fingerprint density at radius 2 is 2.00 bits per heavy atom. The molecule has 0 atom stereocenters. The third-order valence-electron chi connectivity index (χ3n) is 3.87. The third-order valence-corrected chi connectivity index (χ3v) is 3.87. The average Bonchev–Trinajstić information content (AvgIpc) is 2.47. The Hall–Kier alpha value is -1.13. The molecule has 1 aliphatic rings. The van der Waals surface area contributed by atoms with Crippen LogP contribution in [0.4, 0.5) is 4.39 Å². The van der Waals surface area contributed by atoms with Crippen LogP contribution in [0.5, 0.6) is 5.75 Å². The summed E-state index contributed by atoms with van der Waals surface area (Å²) < 4.78 is 24.4. The molecule has 0 heterocycles. The molecule has 20 heavy (non-hydrogen) atoms. The van der Waals surface area contributed by atoms with E-state index in [1.165, 1.54) is 13.2 Å². The van der Waals surface area contributed by atoms with Crippen LogP contribution in [0, 0.1) is 5.82 Å². The molecule has 0 unspecified atom stereocenters. The van der Waals surface area contributed by atoms with Gasteiger partial charge in [0.1, 0.15) is 0 Å². The SMILES string of the molecule is CCNC1CCC(OCc2ccc(OC)c(F)c2)CC1. The Morgan fingerprint density at radius 1 is 1.25 bits per heavy atom. The lowest BCUT2D eigenvalue weighted by molar-refractivity contribution is 0.0113. The van der Waals surface area contributed by atoms with Gasteiger partial charge in [0, 0.05) is 6.04 Å². The predicted octanol–water partition coefficient (Wildman–Crippen LogP) is 3.27. The molecule has 1 fully saturated rings. The molecule has 1 aromatic carbocycles. The van der Waals surface area contributed by atoms with E-state index >= 15 is 0 Å². The number of ether oxygens (including phenoxy) is 2. The van der Waals surface area contributed by atoms with E-state index in [0.29, 0.717) is 18.8 Å². The van der Waals surface area contributed by atoms with E-state index in [9.17, 15) is 4.39 Å². The Balaban J connectivity index is 1.77. The van der Waals surface area contributed by atoms with Crippen molar-refractivity contribution in [2.75, 3.05) is 13.7 Å². The van der Waals surface area contributed by atoms with E-state index in [4.69, 9.17) is 9.47 Å². The molecular weight excluding hydrogens is 257 g/mol. The van der Waals surface area contributed by atoms with Crippen molar-refractivity contribution in [3.05, 3.63) is 29.6 Å². The predicted molar refractivity (Wildman–Crippen MR) is 77.5 cm³/mol. The molecular formula is C16H24FNO2. The molecule has 1 N–H and O–H groups in total. The molecule has 0 radical (unpaired) electrons. The van der Waals surface area contributed by atoms with Gasteiger partial charge in [-0.1, -0.05) is 13.0 Å². The van der Waals surface area contributed by atoms with Crippen LogP contribution < -0.4 is 10.1 Å². The van der Waals surface area contributed by atoms with Crippen LogP contribution in [0.3, 0.4) is 0 Å². The first kappa shape index (κ1) is 15.3. The number of halogens is 1. The van der Waals surface area contributed by atoms with Crippen LogP contribution in [0.1, 0.15) is 38.2 Å². The number of benzene rings is 1. The largest absolute Gasteiger partial charge is 0.494 e. The molecule has 1 aromatic rings. The summed E-state index contributed by atoms with van der Waals surface area (Å²) in [5.74, 6) is -0.0515. The van der Waals surface area contributed by atoms with Gasteiger partial charge in [0.2, 0.25) is 0 Å². The van der Waals surface area contributed by atoms with Crippen LogP contribution >= 0.6 is 0 Å². The maximum atomic E-state index is 13.6. The molecule has 0 bridgehead atoms. The summed E-state index contributed by atoms with van der Waals surface area (Å²) in [5, 5.41) is 3.48. The van der Waals surface area contributed by atoms with Gasteiger partial charge in [-0.25, -0.2) is 4.39 Å². The Morgan fingerprint density at radius 3 is 2.60 bits per heavy atom. The third kappa shape index (κ3) is 4.18. The quantitative estimate of drug-likeness (QED) is 0.868. The normalized spacial score (nSPS) is 22.8. The van der Waals surface area contributed by atoms with Gasteiger partial charge >= 0.3 is 0 Å². The molecule has 0 aromatic heterocycles. The second-order valence-electron chi connectivity index (χ2n) is 5.31. The summed E-state index contributed by atoms with van der Waals surface area (Å²) in [7, 11) is 1.47. The minimum atomic E-state index is -0.329. The number of hydrogen-bond donors (Lipinski definition) is 1. The highest BCUT2D eigenvalue weighted by atomic mass is 19.1. The van der Waals surface area contributed by atoms with E-state index in [1.54, 1.807) is 6.07 Å². The summed E-state index contributed by atoms with van der Waals surface area (Å²) in [6.45, 7) is 3.64. The van der Waals surface area contributed by atoms with Crippen LogP contribution in [0.15, 0.2) is 18.2 Å². The van der Waals surface area contributed by atoms with Gasteiger partial charge in [-0.2, -0.15) is 0 Å². The smallest absolute Gasteiger partial charge is 0.165 e. The lowest BCUT2D eigenvalue weighted by Gasteiger charge is -2.29. The van der Waals surface area contributed by atoms with Crippen molar-refractivity contribution >= 4 is 0 Å². The first-order valence-electron chi connectivity index (χ1n) is 7.40. The van der Waals surface area contributed by atoms with Gasteiger partial charge in [-0.15, -0.1) is 0 Å². The topological polar surface area (TPSA) is 30.5 Å². The average molecular weight is 281 g/mol. The molecule has 1 saturated carbocycles. The van der Waals surface area contributed by atoms with Gasteiger partial charge in [0.15, 0.2) is 11.6 Å². The van der Waals surface area contributed by atoms with Crippen LogP contribution in [0.25, 0.3) is 0 Å². The molecule has 1 aliphatic carbocycles. The second kappa shape index (κ2) is 7.60. The minimum Gasteiger partial charge on any atom is -0.494 e. The fraction of sp³-hybridized carbons (Fsp3) is 0.625. The maximum Gasteiger partial charge on any atom is 0.165 e. The maximum absolute atomic E-state index is 13.6. The number of methoxy groups -OCH3 is 1. The fourth-order valence-corrected chi connectivity index (χ4v) is 2.74. The summed E-state index contributed by atoms with van der Waals surface area (Å²) in [6.07, 6.45) is 4.78.